The molecule has 0 N–H and O–H groups in total. The van der Waals surface area contributed by atoms with Gasteiger partial charge in [0.25, 0.3) is 5.91 Å². The number of thiazole rings is 1. The average molecular weight is 405 g/mol. The summed E-state index contributed by atoms with van der Waals surface area (Å²) >= 11 is 7.44. The molecule has 0 aliphatic heterocycles. The number of pyridine rings is 1. The quantitative estimate of drug-likeness (QED) is 0.601. The molecule has 0 aliphatic carbocycles. The summed E-state index contributed by atoms with van der Waals surface area (Å²) in [6.45, 7) is 1.37. The molecule has 1 amide bonds. The highest BCUT2D eigenvalue weighted by Gasteiger charge is 2.20. The van der Waals surface area contributed by atoms with E-state index >= 15 is 0 Å². The van der Waals surface area contributed by atoms with E-state index in [1.165, 1.54) is 11.3 Å². The van der Waals surface area contributed by atoms with Crippen LogP contribution < -0.4 is 4.90 Å². The molecule has 3 aromatic rings. The molecule has 0 atom stereocenters. The molecule has 0 spiro atoms. The van der Waals surface area contributed by atoms with Gasteiger partial charge in [0.2, 0.25) is 0 Å². The Morgan fingerprint density at radius 3 is 2.78 bits per heavy atom. The number of carbonyl (C=O) groups excluding carboxylic acids is 1. The van der Waals surface area contributed by atoms with Crippen molar-refractivity contribution in [3.05, 3.63) is 51.4 Å². The van der Waals surface area contributed by atoms with Gasteiger partial charge in [0.05, 0.1) is 23.8 Å². The zero-order chi connectivity index (χ0) is 19.4. The first-order valence-corrected chi connectivity index (χ1v) is 9.68. The van der Waals surface area contributed by atoms with E-state index in [9.17, 15) is 4.79 Å². The summed E-state index contributed by atoms with van der Waals surface area (Å²) in [5.41, 5.74) is 3.45. The zero-order valence-electron chi connectivity index (χ0n) is 15.5. The van der Waals surface area contributed by atoms with Crippen molar-refractivity contribution in [3.8, 4) is 0 Å². The van der Waals surface area contributed by atoms with Crippen LogP contribution in [0.3, 0.4) is 0 Å². The number of rotatable bonds is 7. The number of ether oxygens (including phenoxy) is 1. The molecule has 0 saturated carbocycles. The number of fused-ring (bicyclic) bond motifs is 1. The lowest BCUT2D eigenvalue weighted by Gasteiger charge is -2.25. The lowest BCUT2D eigenvalue weighted by Crippen LogP contribution is -2.33. The van der Waals surface area contributed by atoms with Gasteiger partial charge in [0, 0.05) is 50.3 Å². The molecular weight excluding hydrogens is 384 g/mol. The molecule has 27 heavy (non-hydrogen) atoms. The highest BCUT2D eigenvalue weighted by molar-refractivity contribution is 7.11. The van der Waals surface area contributed by atoms with Gasteiger partial charge in [-0.3, -0.25) is 9.78 Å². The van der Waals surface area contributed by atoms with Crippen LogP contribution in [-0.2, 0) is 11.3 Å². The summed E-state index contributed by atoms with van der Waals surface area (Å²) in [4.78, 5) is 26.0. The Morgan fingerprint density at radius 2 is 2.11 bits per heavy atom. The van der Waals surface area contributed by atoms with Crippen LogP contribution >= 0.6 is 22.9 Å². The number of hydrogen-bond donors (Lipinski definition) is 0. The van der Waals surface area contributed by atoms with Gasteiger partial charge >= 0.3 is 0 Å². The summed E-state index contributed by atoms with van der Waals surface area (Å²) in [5, 5.41) is 1.63. The topological polar surface area (TPSA) is 58.6 Å². The van der Waals surface area contributed by atoms with Crippen LogP contribution in [0.5, 0.6) is 0 Å². The van der Waals surface area contributed by atoms with Crippen molar-refractivity contribution in [1.82, 2.24) is 14.9 Å². The fraction of sp³-hybridized carbons (Fsp3) is 0.316. The minimum Gasteiger partial charge on any atom is -0.383 e. The van der Waals surface area contributed by atoms with E-state index in [0.29, 0.717) is 29.6 Å². The van der Waals surface area contributed by atoms with Crippen molar-refractivity contribution in [2.75, 3.05) is 39.3 Å². The highest BCUT2D eigenvalue weighted by Crippen LogP contribution is 2.26. The Morgan fingerprint density at radius 1 is 1.30 bits per heavy atom. The Labute approximate surface area is 167 Å². The van der Waals surface area contributed by atoms with Crippen molar-refractivity contribution in [3.63, 3.8) is 0 Å². The predicted molar refractivity (Wildman–Crippen MR) is 110 cm³/mol. The maximum absolute atomic E-state index is 12.9. The van der Waals surface area contributed by atoms with Gasteiger partial charge in [-0.05, 0) is 18.2 Å². The molecule has 3 rings (SSSR count). The SMILES string of the molecule is COCCN(Cc1cc2ccc(Cl)cc2nc1N(C)C)C(=O)c1cncs1. The van der Waals surface area contributed by atoms with Crippen molar-refractivity contribution in [2.24, 2.45) is 0 Å². The second kappa shape index (κ2) is 8.65. The number of benzene rings is 1. The predicted octanol–water partition coefficient (Wildman–Crippen LogP) is 3.70. The van der Waals surface area contributed by atoms with Gasteiger partial charge < -0.3 is 14.5 Å². The number of amides is 1. The van der Waals surface area contributed by atoms with Gasteiger partial charge in [-0.25, -0.2) is 4.98 Å². The molecule has 0 saturated heterocycles. The summed E-state index contributed by atoms with van der Waals surface area (Å²) in [7, 11) is 5.50. The van der Waals surface area contributed by atoms with E-state index in [1.54, 1.807) is 23.7 Å². The number of methoxy groups -OCH3 is 1. The third kappa shape index (κ3) is 4.55. The van der Waals surface area contributed by atoms with Gasteiger partial charge in [-0.15, -0.1) is 11.3 Å². The maximum Gasteiger partial charge on any atom is 0.265 e. The second-order valence-corrected chi connectivity index (χ2v) is 7.61. The normalized spacial score (nSPS) is 11.0. The molecule has 0 aliphatic rings. The van der Waals surface area contributed by atoms with Crippen molar-refractivity contribution >= 4 is 45.6 Å². The minimum atomic E-state index is -0.0598. The van der Waals surface area contributed by atoms with Crippen molar-refractivity contribution < 1.29 is 9.53 Å². The van der Waals surface area contributed by atoms with E-state index in [-0.39, 0.29) is 5.91 Å². The average Bonchev–Trinajstić information content (AvgIpc) is 3.18. The largest absolute Gasteiger partial charge is 0.383 e. The maximum atomic E-state index is 12.9. The molecular formula is C19H21ClN4O2S. The molecule has 1 aromatic carbocycles. The Balaban J connectivity index is 1.98. The van der Waals surface area contributed by atoms with Gasteiger partial charge in [0.1, 0.15) is 10.7 Å². The molecule has 6 nitrogen and oxygen atoms in total. The second-order valence-electron chi connectivity index (χ2n) is 6.29. The number of carbonyl (C=O) groups is 1. The molecule has 0 bridgehead atoms. The lowest BCUT2D eigenvalue weighted by molar-refractivity contribution is 0.0685. The third-order valence-electron chi connectivity index (χ3n) is 4.12. The molecule has 142 valence electrons. The van der Waals surface area contributed by atoms with E-state index in [2.05, 4.69) is 11.1 Å². The molecule has 8 heteroatoms. The van der Waals surface area contributed by atoms with Crippen LogP contribution in [0.2, 0.25) is 5.02 Å². The van der Waals surface area contributed by atoms with E-state index in [1.807, 2.05) is 37.2 Å². The van der Waals surface area contributed by atoms with Crippen LogP contribution in [0.25, 0.3) is 10.9 Å². The van der Waals surface area contributed by atoms with Gasteiger partial charge in [-0.2, -0.15) is 0 Å². The van der Waals surface area contributed by atoms with Crippen LogP contribution in [-0.4, -0.2) is 55.1 Å². The monoisotopic (exact) mass is 404 g/mol. The first-order chi connectivity index (χ1) is 13.0. The summed E-state index contributed by atoms with van der Waals surface area (Å²) in [6, 6.07) is 7.69. The van der Waals surface area contributed by atoms with Gasteiger partial charge in [0.15, 0.2) is 0 Å². The number of aromatic nitrogens is 2. The smallest absolute Gasteiger partial charge is 0.265 e. The van der Waals surface area contributed by atoms with E-state index in [0.717, 1.165) is 22.3 Å². The standard InChI is InChI=1S/C19H21ClN4O2S/c1-23(2)18-14(8-13-4-5-15(20)9-16(13)22-18)11-24(6-7-26-3)19(25)17-10-21-12-27-17/h4-5,8-10,12H,6-7,11H2,1-3H3. The third-order valence-corrected chi connectivity index (χ3v) is 5.11. The number of halogens is 1. The first-order valence-electron chi connectivity index (χ1n) is 8.43. The lowest BCUT2D eigenvalue weighted by atomic mass is 10.1. The molecule has 2 aromatic heterocycles. The number of nitrogens with zero attached hydrogens (tertiary/aromatic N) is 4. The fourth-order valence-electron chi connectivity index (χ4n) is 2.81. The molecule has 2 heterocycles. The summed E-state index contributed by atoms with van der Waals surface area (Å²) < 4.78 is 5.19. The minimum absolute atomic E-state index is 0.0598. The molecule has 0 radical (unpaired) electrons. The van der Waals surface area contributed by atoms with Crippen LogP contribution in [0, 0.1) is 0 Å². The van der Waals surface area contributed by atoms with Crippen molar-refractivity contribution in [2.45, 2.75) is 6.54 Å². The summed E-state index contributed by atoms with van der Waals surface area (Å²) in [5.74, 6) is 0.750. The van der Waals surface area contributed by atoms with Gasteiger partial charge in [-0.1, -0.05) is 17.7 Å². The Hall–Kier alpha value is -2.22. The Kier molecular flexibility index (Phi) is 6.26. The Bertz CT molecular complexity index is 931. The van der Waals surface area contributed by atoms with Crippen molar-refractivity contribution in [1.29, 1.82) is 0 Å². The number of anilines is 1. The first kappa shape index (κ1) is 19.5. The van der Waals surface area contributed by atoms with Crippen LogP contribution in [0.1, 0.15) is 15.2 Å². The fourth-order valence-corrected chi connectivity index (χ4v) is 3.57. The van der Waals surface area contributed by atoms with Crippen LogP contribution in [0.4, 0.5) is 5.82 Å². The van der Waals surface area contributed by atoms with Crippen LogP contribution in [0.15, 0.2) is 36.0 Å². The van der Waals surface area contributed by atoms with E-state index in [4.69, 9.17) is 21.3 Å². The van der Waals surface area contributed by atoms with E-state index < -0.39 is 0 Å². The molecule has 0 unspecified atom stereocenters. The highest BCUT2D eigenvalue weighted by atomic mass is 35.5. The molecule has 0 fully saturated rings. The summed E-state index contributed by atoms with van der Waals surface area (Å²) in [6.07, 6.45) is 1.60. The number of hydrogen-bond acceptors (Lipinski definition) is 6. The zero-order valence-corrected chi connectivity index (χ0v) is 17.0.